The van der Waals surface area contributed by atoms with Gasteiger partial charge in [-0.25, -0.2) is 9.97 Å². The van der Waals surface area contributed by atoms with Crippen molar-refractivity contribution in [3.05, 3.63) is 54.1 Å². The van der Waals surface area contributed by atoms with Crippen molar-refractivity contribution in [1.82, 2.24) is 9.97 Å². The molecular formula is C21H23N3O. The highest BCUT2D eigenvalue weighted by Crippen LogP contribution is 2.29. The van der Waals surface area contributed by atoms with Crippen molar-refractivity contribution in [1.29, 1.82) is 0 Å². The Kier molecular flexibility index (Phi) is 4.14. The van der Waals surface area contributed by atoms with Crippen molar-refractivity contribution in [2.75, 3.05) is 18.0 Å². The summed E-state index contributed by atoms with van der Waals surface area (Å²) in [6.45, 7) is 7.94. The maximum Gasteiger partial charge on any atom is 0.226 e. The SMILES string of the molecule is Cc1ccc(-c2nc(N3C[C@@H](C)O[C@H](C)C3)nc3ccccc23)cc1. The van der Waals surface area contributed by atoms with E-state index >= 15 is 0 Å². The molecule has 0 radical (unpaired) electrons. The lowest BCUT2D eigenvalue weighted by atomic mass is 10.1. The van der Waals surface area contributed by atoms with Crippen LogP contribution in [0.1, 0.15) is 19.4 Å². The summed E-state index contributed by atoms with van der Waals surface area (Å²) in [7, 11) is 0. The first kappa shape index (κ1) is 16.0. The van der Waals surface area contributed by atoms with Crippen molar-refractivity contribution < 1.29 is 4.74 Å². The lowest BCUT2D eigenvalue weighted by Crippen LogP contribution is -2.46. The van der Waals surface area contributed by atoms with E-state index in [1.807, 2.05) is 12.1 Å². The summed E-state index contributed by atoms with van der Waals surface area (Å²) < 4.78 is 5.86. The lowest BCUT2D eigenvalue weighted by Gasteiger charge is -2.35. The minimum absolute atomic E-state index is 0.182. The van der Waals surface area contributed by atoms with E-state index in [-0.39, 0.29) is 12.2 Å². The molecule has 2 atom stereocenters. The number of hydrogen-bond acceptors (Lipinski definition) is 4. The van der Waals surface area contributed by atoms with Crippen molar-refractivity contribution >= 4 is 16.9 Å². The Hall–Kier alpha value is -2.46. The van der Waals surface area contributed by atoms with E-state index in [1.165, 1.54) is 5.56 Å². The Bertz CT molecular complexity index is 881. The molecule has 0 saturated carbocycles. The fourth-order valence-electron chi connectivity index (χ4n) is 3.48. The molecule has 0 aliphatic carbocycles. The molecule has 1 aliphatic rings. The molecule has 4 nitrogen and oxygen atoms in total. The summed E-state index contributed by atoms with van der Waals surface area (Å²) in [5.74, 6) is 0.788. The highest BCUT2D eigenvalue weighted by molar-refractivity contribution is 5.93. The molecule has 25 heavy (non-hydrogen) atoms. The van der Waals surface area contributed by atoms with Gasteiger partial charge in [-0.3, -0.25) is 0 Å². The van der Waals surface area contributed by atoms with Crippen LogP contribution < -0.4 is 4.90 Å². The van der Waals surface area contributed by atoms with Crippen LogP contribution >= 0.6 is 0 Å². The summed E-state index contributed by atoms with van der Waals surface area (Å²) in [5, 5.41) is 1.09. The molecule has 3 aromatic rings. The van der Waals surface area contributed by atoms with Crippen LogP contribution in [0.4, 0.5) is 5.95 Å². The second kappa shape index (κ2) is 6.45. The van der Waals surface area contributed by atoms with Gasteiger partial charge in [0, 0.05) is 24.0 Å². The monoisotopic (exact) mass is 333 g/mol. The van der Waals surface area contributed by atoms with Crippen molar-refractivity contribution in [3.63, 3.8) is 0 Å². The number of benzene rings is 2. The fraction of sp³-hybridized carbons (Fsp3) is 0.333. The molecule has 0 unspecified atom stereocenters. The summed E-state index contributed by atoms with van der Waals surface area (Å²) >= 11 is 0. The van der Waals surface area contributed by atoms with Gasteiger partial charge >= 0.3 is 0 Å². The van der Waals surface area contributed by atoms with Crippen molar-refractivity contribution in [2.24, 2.45) is 0 Å². The molecule has 0 spiro atoms. The molecule has 0 N–H and O–H groups in total. The number of aromatic nitrogens is 2. The molecule has 128 valence electrons. The zero-order valence-corrected chi connectivity index (χ0v) is 14.9. The second-order valence-corrected chi connectivity index (χ2v) is 6.92. The highest BCUT2D eigenvalue weighted by atomic mass is 16.5. The third kappa shape index (κ3) is 3.22. The van der Waals surface area contributed by atoms with Gasteiger partial charge in [0.05, 0.1) is 23.4 Å². The van der Waals surface area contributed by atoms with Crippen molar-refractivity contribution in [2.45, 2.75) is 33.0 Å². The third-order valence-corrected chi connectivity index (χ3v) is 4.62. The normalized spacial score (nSPS) is 20.8. The van der Waals surface area contributed by atoms with Crippen LogP contribution in [0.5, 0.6) is 0 Å². The average molecular weight is 333 g/mol. The molecule has 1 aliphatic heterocycles. The van der Waals surface area contributed by atoms with Crippen LogP contribution in [-0.2, 0) is 4.74 Å². The number of nitrogens with zero attached hydrogens (tertiary/aromatic N) is 3. The smallest absolute Gasteiger partial charge is 0.226 e. The van der Waals surface area contributed by atoms with Crippen LogP contribution in [0.3, 0.4) is 0 Å². The zero-order valence-electron chi connectivity index (χ0n) is 14.9. The van der Waals surface area contributed by atoms with E-state index in [9.17, 15) is 0 Å². The predicted molar refractivity (Wildman–Crippen MR) is 102 cm³/mol. The van der Waals surface area contributed by atoms with Crippen LogP contribution in [0, 0.1) is 6.92 Å². The number of anilines is 1. The van der Waals surface area contributed by atoms with Crippen LogP contribution in [0.25, 0.3) is 22.2 Å². The zero-order chi connectivity index (χ0) is 17.4. The molecule has 2 aromatic carbocycles. The summed E-state index contributed by atoms with van der Waals surface area (Å²) in [4.78, 5) is 12.0. The fourth-order valence-corrected chi connectivity index (χ4v) is 3.48. The number of aryl methyl sites for hydroxylation is 1. The Morgan fingerprint density at radius 1 is 0.920 bits per heavy atom. The first-order chi connectivity index (χ1) is 12.1. The van der Waals surface area contributed by atoms with Gasteiger partial charge in [-0.05, 0) is 26.8 Å². The van der Waals surface area contributed by atoms with Gasteiger partial charge in [0.1, 0.15) is 0 Å². The topological polar surface area (TPSA) is 38.2 Å². The lowest BCUT2D eigenvalue weighted by molar-refractivity contribution is -0.00569. The van der Waals surface area contributed by atoms with Gasteiger partial charge in [0.15, 0.2) is 0 Å². The van der Waals surface area contributed by atoms with E-state index in [0.717, 1.165) is 41.2 Å². The van der Waals surface area contributed by atoms with E-state index in [2.05, 4.69) is 62.1 Å². The number of morpholine rings is 1. The predicted octanol–water partition coefficient (Wildman–Crippen LogP) is 4.22. The minimum Gasteiger partial charge on any atom is -0.372 e. The average Bonchev–Trinajstić information content (AvgIpc) is 2.61. The van der Waals surface area contributed by atoms with Gasteiger partial charge in [0.2, 0.25) is 5.95 Å². The molecule has 4 rings (SSSR count). The second-order valence-electron chi connectivity index (χ2n) is 6.92. The summed E-state index contributed by atoms with van der Waals surface area (Å²) in [6.07, 6.45) is 0.364. The van der Waals surface area contributed by atoms with Crippen molar-refractivity contribution in [3.8, 4) is 11.3 Å². The third-order valence-electron chi connectivity index (χ3n) is 4.62. The van der Waals surface area contributed by atoms with E-state index in [0.29, 0.717) is 0 Å². The molecule has 4 heteroatoms. The Labute approximate surface area is 148 Å². The van der Waals surface area contributed by atoms with Crippen LogP contribution in [0.2, 0.25) is 0 Å². The summed E-state index contributed by atoms with van der Waals surface area (Å²) in [5.41, 5.74) is 4.35. The number of fused-ring (bicyclic) bond motifs is 1. The van der Waals surface area contributed by atoms with Gasteiger partial charge in [-0.15, -0.1) is 0 Å². The Morgan fingerprint density at radius 3 is 2.32 bits per heavy atom. The molecule has 2 heterocycles. The molecule has 0 amide bonds. The molecule has 1 fully saturated rings. The van der Waals surface area contributed by atoms with E-state index in [4.69, 9.17) is 14.7 Å². The quantitative estimate of drug-likeness (QED) is 0.704. The number of para-hydroxylation sites is 1. The molecular weight excluding hydrogens is 310 g/mol. The van der Waals surface area contributed by atoms with E-state index in [1.54, 1.807) is 0 Å². The maximum atomic E-state index is 5.86. The van der Waals surface area contributed by atoms with Gasteiger partial charge in [0.25, 0.3) is 0 Å². The largest absolute Gasteiger partial charge is 0.372 e. The van der Waals surface area contributed by atoms with Crippen LogP contribution in [-0.4, -0.2) is 35.3 Å². The van der Waals surface area contributed by atoms with Gasteiger partial charge in [-0.2, -0.15) is 0 Å². The number of rotatable bonds is 2. The Morgan fingerprint density at radius 2 is 1.60 bits per heavy atom. The maximum absolute atomic E-state index is 5.86. The first-order valence-corrected chi connectivity index (χ1v) is 8.84. The first-order valence-electron chi connectivity index (χ1n) is 8.84. The highest BCUT2D eigenvalue weighted by Gasteiger charge is 2.25. The molecule has 1 aromatic heterocycles. The number of hydrogen-bond donors (Lipinski definition) is 0. The standard InChI is InChI=1S/C21H23N3O/c1-14-8-10-17(11-9-14)20-18-6-4-5-7-19(18)22-21(23-20)24-12-15(2)25-16(3)13-24/h4-11,15-16H,12-13H2,1-3H3/t15-,16-/m1/s1. The minimum atomic E-state index is 0.182. The van der Waals surface area contributed by atoms with Gasteiger partial charge in [-0.1, -0.05) is 48.0 Å². The summed E-state index contributed by atoms with van der Waals surface area (Å²) in [6, 6.07) is 16.8. The Balaban J connectivity index is 1.85. The number of ether oxygens (including phenoxy) is 1. The van der Waals surface area contributed by atoms with Crippen LogP contribution in [0.15, 0.2) is 48.5 Å². The van der Waals surface area contributed by atoms with Gasteiger partial charge < -0.3 is 9.64 Å². The molecule has 1 saturated heterocycles. The van der Waals surface area contributed by atoms with E-state index < -0.39 is 0 Å². The molecule has 0 bridgehead atoms.